The molecule has 1 heterocycles. The van der Waals surface area contributed by atoms with Crippen LogP contribution in [0.25, 0.3) is 0 Å². The predicted octanol–water partition coefficient (Wildman–Crippen LogP) is 2.91. The van der Waals surface area contributed by atoms with Gasteiger partial charge in [0.15, 0.2) is 0 Å². The van der Waals surface area contributed by atoms with Crippen LogP contribution >= 0.6 is 0 Å². The topological polar surface area (TPSA) is 32.3 Å². The van der Waals surface area contributed by atoms with Crippen molar-refractivity contribution in [3.8, 4) is 0 Å². The highest BCUT2D eigenvalue weighted by molar-refractivity contribution is 5.76. The Morgan fingerprint density at radius 2 is 1.84 bits per heavy atom. The van der Waals surface area contributed by atoms with Crippen molar-refractivity contribution in [2.75, 3.05) is 26.2 Å². The van der Waals surface area contributed by atoms with E-state index in [-0.39, 0.29) is 0 Å². The van der Waals surface area contributed by atoms with Crippen LogP contribution in [0.15, 0.2) is 0 Å². The second kappa shape index (κ2) is 8.57. The van der Waals surface area contributed by atoms with Crippen LogP contribution in [0.1, 0.15) is 53.4 Å². The Bertz CT molecular complexity index is 247. The molecule has 1 aliphatic heterocycles. The summed E-state index contributed by atoms with van der Waals surface area (Å²) in [5, 5.41) is 3.43. The van der Waals surface area contributed by atoms with Gasteiger partial charge in [0, 0.05) is 19.5 Å². The molecule has 3 heteroatoms. The van der Waals surface area contributed by atoms with Crippen LogP contribution < -0.4 is 5.32 Å². The number of amides is 1. The summed E-state index contributed by atoms with van der Waals surface area (Å²) in [7, 11) is 0. The van der Waals surface area contributed by atoms with Gasteiger partial charge in [-0.25, -0.2) is 0 Å². The van der Waals surface area contributed by atoms with Gasteiger partial charge >= 0.3 is 0 Å². The predicted molar refractivity (Wildman–Crippen MR) is 81.1 cm³/mol. The monoisotopic (exact) mass is 268 g/mol. The lowest BCUT2D eigenvalue weighted by Crippen LogP contribution is -2.37. The molecule has 0 saturated carbocycles. The lowest BCUT2D eigenvalue weighted by atomic mass is 9.94. The first-order valence-corrected chi connectivity index (χ1v) is 7.97. The summed E-state index contributed by atoms with van der Waals surface area (Å²) < 4.78 is 0. The van der Waals surface area contributed by atoms with E-state index in [0.717, 1.165) is 39.0 Å². The maximum atomic E-state index is 12.4. The number of carbonyl (C=O) groups excluding carboxylic acids is 1. The van der Waals surface area contributed by atoms with E-state index in [4.69, 9.17) is 0 Å². The summed E-state index contributed by atoms with van der Waals surface area (Å²) in [6.07, 6.45) is 4.33. The average molecular weight is 268 g/mol. The molecule has 1 N–H and O–H groups in total. The molecule has 0 aromatic heterocycles. The third-order valence-corrected chi connectivity index (χ3v) is 3.69. The number of nitrogens with zero attached hydrogens (tertiary/aromatic N) is 1. The molecule has 19 heavy (non-hydrogen) atoms. The lowest BCUT2D eigenvalue weighted by Gasteiger charge is -2.28. The number of piperidine rings is 1. The number of hydrogen-bond acceptors (Lipinski definition) is 2. The molecule has 1 aliphatic rings. The van der Waals surface area contributed by atoms with E-state index in [1.807, 2.05) is 0 Å². The Morgan fingerprint density at radius 3 is 2.32 bits per heavy atom. The van der Waals surface area contributed by atoms with Gasteiger partial charge in [0.25, 0.3) is 0 Å². The fourth-order valence-electron chi connectivity index (χ4n) is 2.82. The highest BCUT2D eigenvalue weighted by atomic mass is 16.2. The first-order valence-electron chi connectivity index (χ1n) is 7.97. The van der Waals surface area contributed by atoms with E-state index in [9.17, 15) is 4.79 Å². The van der Waals surface area contributed by atoms with Gasteiger partial charge in [-0.05, 0) is 50.1 Å². The maximum Gasteiger partial charge on any atom is 0.222 e. The molecular weight excluding hydrogens is 236 g/mol. The number of nitrogens with one attached hydrogen (secondary N) is 1. The molecule has 0 radical (unpaired) electrons. The minimum Gasteiger partial charge on any atom is -0.342 e. The molecule has 0 aromatic rings. The van der Waals surface area contributed by atoms with Crippen LogP contribution in [0.3, 0.4) is 0 Å². The van der Waals surface area contributed by atoms with Gasteiger partial charge in [0.2, 0.25) is 5.91 Å². The maximum absolute atomic E-state index is 12.4. The normalized spacial score (nSPS) is 20.0. The van der Waals surface area contributed by atoms with Crippen molar-refractivity contribution in [3.05, 3.63) is 0 Å². The second-order valence-electron chi connectivity index (χ2n) is 6.84. The zero-order valence-electron chi connectivity index (χ0n) is 13.2. The molecule has 1 unspecified atom stereocenters. The van der Waals surface area contributed by atoms with Crippen molar-refractivity contribution < 1.29 is 4.79 Å². The summed E-state index contributed by atoms with van der Waals surface area (Å²) in [6.45, 7) is 12.8. The first kappa shape index (κ1) is 16.5. The summed E-state index contributed by atoms with van der Waals surface area (Å²) in [5.41, 5.74) is 0. The third-order valence-electron chi connectivity index (χ3n) is 3.69. The summed E-state index contributed by atoms with van der Waals surface area (Å²) in [4.78, 5) is 14.4. The van der Waals surface area contributed by atoms with E-state index in [1.54, 1.807) is 0 Å². The van der Waals surface area contributed by atoms with Crippen LogP contribution in [-0.2, 0) is 4.79 Å². The lowest BCUT2D eigenvalue weighted by molar-refractivity contribution is -0.132. The number of rotatable bonds is 7. The van der Waals surface area contributed by atoms with Gasteiger partial charge in [0.05, 0.1) is 0 Å². The van der Waals surface area contributed by atoms with Crippen molar-refractivity contribution in [1.82, 2.24) is 10.2 Å². The zero-order chi connectivity index (χ0) is 14.3. The Balaban J connectivity index is 2.37. The Kier molecular flexibility index (Phi) is 7.44. The zero-order valence-corrected chi connectivity index (χ0v) is 13.2. The minimum atomic E-state index is 0.355. The van der Waals surface area contributed by atoms with E-state index >= 15 is 0 Å². The van der Waals surface area contributed by atoms with Crippen molar-refractivity contribution in [2.45, 2.75) is 53.4 Å². The van der Waals surface area contributed by atoms with Crippen LogP contribution in [0.2, 0.25) is 0 Å². The molecule has 3 nitrogen and oxygen atoms in total. The van der Waals surface area contributed by atoms with Gasteiger partial charge in [-0.2, -0.15) is 0 Å². The van der Waals surface area contributed by atoms with Crippen LogP contribution in [-0.4, -0.2) is 37.0 Å². The molecule has 0 aromatic carbocycles. The highest BCUT2D eigenvalue weighted by Crippen LogP contribution is 2.17. The molecule has 1 amide bonds. The highest BCUT2D eigenvalue weighted by Gasteiger charge is 2.19. The van der Waals surface area contributed by atoms with Gasteiger partial charge in [0.1, 0.15) is 0 Å². The fourth-order valence-corrected chi connectivity index (χ4v) is 2.82. The van der Waals surface area contributed by atoms with Crippen LogP contribution in [0.4, 0.5) is 0 Å². The molecule has 1 atom stereocenters. The fraction of sp³-hybridized carbons (Fsp3) is 0.938. The van der Waals surface area contributed by atoms with Gasteiger partial charge in [-0.15, -0.1) is 0 Å². The Morgan fingerprint density at radius 1 is 1.21 bits per heavy atom. The second-order valence-corrected chi connectivity index (χ2v) is 6.84. The van der Waals surface area contributed by atoms with E-state index in [1.165, 1.54) is 12.8 Å². The number of carbonyl (C=O) groups is 1. The molecule has 0 aliphatic carbocycles. The third kappa shape index (κ3) is 6.95. The molecule has 0 bridgehead atoms. The Labute approximate surface area is 119 Å². The van der Waals surface area contributed by atoms with Crippen LogP contribution in [0, 0.1) is 17.8 Å². The Hall–Kier alpha value is -0.570. The van der Waals surface area contributed by atoms with Gasteiger partial charge < -0.3 is 10.2 Å². The SMILES string of the molecule is CC(C)CN(CC(C)C)C(=O)CCC1CCCNC1. The molecule has 1 saturated heterocycles. The average Bonchev–Trinajstić information content (AvgIpc) is 2.35. The summed E-state index contributed by atoms with van der Waals surface area (Å²) >= 11 is 0. The molecular formula is C16H32N2O. The van der Waals surface area contributed by atoms with Crippen molar-refractivity contribution in [1.29, 1.82) is 0 Å². The van der Waals surface area contributed by atoms with Crippen molar-refractivity contribution in [3.63, 3.8) is 0 Å². The largest absolute Gasteiger partial charge is 0.342 e. The van der Waals surface area contributed by atoms with Crippen LogP contribution in [0.5, 0.6) is 0 Å². The molecule has 112 valence electrons. The molecule has 1 fully saturated rings. The summed E-state index contributed by atoms with van der Waals surface area (Å²) in [5.74, 6) is 2.17. The smallest absolute Gasteiger partial charge is 0.222 e. The van der Waals surface area contributed by atoms with E-state index in [2.05, 4.69) is 37.9 Å². The van der Waals surface area contributed by atoms with Gasteiger partial charge in [-0.1, -0.05) is 27.7 Å². The van der Waals surface area contributed by atoms with Crippen molar-refractivity contribution in [2.24, 2.45) is 17.8 Å². The van der Waals surface area contributed by atoms with Crippen molar-refractivity contribution >= 4 is 5.91 Å². The quantitative estimate of drug-likeness (QED) is 0.770. The molecule has 0 spiro atoms. The van der Waals surface area contributed by atoms with E-state index < -0.39 is 0 Å². The molecule has 1 rings (SSSR count). The first-order chi connectivity index (χ1) is 8.99. The van der Waals surface area contributed by atoms with Gasteiger partial charge in [-0.3, -0.25) is 4.79 Å². The van der Waals surface area contributed by atoms with E-state index in [0.29, 0.717) is 23.7 Å². The number of hydrogen-bond donors (Lipinski definition) is 1. The summed E-state index contributed by atoms with van der Waals surface area (Å²) in [6, 6.07) is 0. The minimum absolute atomic E-state index is 0.355. The standard InChI is InChI=1S/C16H32N2O/c1-13(2)11-18(12-14(3)4)16(19)8-7-15-6-5-9-17-10-15/h13-15,17H,5-12H2,1-4H3.